The van der Waals surface area contributed by atoms with Crippen molar-refractivity contribution in [3.05, 3.63) is 35.4 Å². The lowest BCUT2D eigenvalue weighted by Gasteiger charge is -2.14. The van der Waals surface area contributed by atoms with Gasteiger partial charge in [-0.15, -0.1) is 0 Å². The fraction of sp³-hybridized carbons (Fsp3) is 0.500. The van der Waals surface area contributed by atoms with Crippen LogP contribution >= 0.6 is 0 Å². The first-order valence-electron chi connectivity index (χ1n) is 6.34. The highest BCUT2D eigenvalue weighted by Gasteiger charge is 2.38. The van der Waals surface area contributed by atoms with Crippen molar-refractivity contribution >= 4 is 0 Å². The van der Waals surface area contributed by atoms with Crippen LogP contribution in [-0.2, 0) is 0 Å². The first-order valence-corrected chi connectivity index (χ1v) is 6.34. The van der Waals surface area contributed by atoms with Gasteiger partial charge >= 0.3 is 0 Å². The summed E-state index contributed by atoms with van der Waals surface area (Å²) in [6.45, 7) is 6.17. The Morgan fingerprint density at radius 2 is 2.06 bits per heavy atom. The molecular weight excluding hydrogens is 208 g/mol. The quantitative estimate of drug-likeness (QED) is 0.770. The van der Waals surface area contributed by atoms with Crippen LogP contribution in [0.15, 0.2) is 24.3 Å². The molecule has 0 aliphatic heterocycles. The summed E-state index contributed by atoms with van der Waals surface area (Å²) in [4.78, 5) is 0. The molecule has 0 radical (unpaired) electrons. The van der Waals surface area contributed by atoms with Crippen molar-refractivity contribution in [1.29, 1.82) is 0 Å². The summed E-state index contributed by atoms with van der Waals surface area (Å²) in [6, 6.07) is 8.27. The predicted octanol–water partition coefficient (Wildman–Crippen LogP) is 3.32. The van der Waals surface area contributed by atoms with E-state index < -0.39 is 5.60 Å². The molecule has 0 aromatic heterocycles. The van der Waals surface area contributed by atoms with Crippen molar-refractivity contribution in [2.24, 2.45) is 5.92 Å². The van der Waals surface area contributed by atoms with Crippen molar-refractivity contribution in [2.75, 3.05) is 0 Å². The Labute approximate surface area is 104 Å². The first kappa shape index (κ1) is 12.2. The molecule has 2 rings (SSSR count). The Hall–Kier alpha value is -1.26. The van der Waals surface area contributed by atoms with Crippen LogP contribution < -0.4 is 0 Å². The van der Waals surface area contributed by atoms with Gasteiger partial charge in [-0.05, 0) is 49.3 Å². The van der Waals surface area contributed by atoms with Crippen molar-refractivity contribution in [1.82, 2.24) is 0 Å². The number of hydrogen-bond acceptors (Lipinski definition) is 1. The monoisotopic (exact) mass is 228 g/mol. The third-order valence-electron chi connectivity index (χ3n) is 3.39. The minimum atomic E-state index is -0.812. The lowest BCUT2D eigenvalue weighted by Crippen LogP contribution is -2.24. The molecule has 0 saturated heterocycles. The van der Waals surface area contributed by atoms with E-state index in [0.717, 1.165) is 18.4 Å². The summed E-state index contributed by atoms with van der Waals surface area (Å²) in [5.41, 5.74) is 1.48. The third kappa shape index (κ3) is 3.11. The summed E-state index contributed by atoms with van der Waals surface area (Å²) < 4.78 is 0. The Balaban J connectivity index is 2.18. The Kier molecular flexibility index (Phi) is 3.26. The van der Waals surface area contributed by atoms with Gasteiger partial charge in [-0.1, -0.05) is 37.8 Å². The van der Waals surface area contributed by atoms with Crippen LogP contribution in [0.1, 0.15) is 50.7 Å². The largest absolute Gasteiger partial charge is 0.378 e. The molecule has 17 heavy (non-hydrogen) atoms. The Morgan fingerprint density at radius 1 is 1.35 bits per heavy atom. The van der Waals surface area contributed by atoms with E-state index in [9.17, 15) is 5.11 Å². The van der Waals surface area contributed by atoms with Crippen LogP contribution in [0.3, 0.4) is 0 Å². The topological polar surface area (TPSA) is 20.2 Å². The van der Waals surface area contributed by atoms with Gasteiger partial charge in [-0.3, -0.25) is 0 Å². The summed E-state index contributed by atoms with van der Waals surface area (Å²) in [5, 5.41) is 10.1. The second-order valence-electron chi connectivity index (χ2n) is 5.45. The van der Waals surface area contributed by atoms with Gasteiger partial charge in [0.15, 0.2) is 0 Å². The second-order valence-corrected chi connectivity index (χ2v) is 5.45. The summed E-state index contributed by atoms with van der Waals surface area (Å²) in [7, 11) is 0. The lowest BCUT2D eigenvalue weighted by atomic mass is 9.99. The fourth-order valence-corrected chi connectivity index (χ4v) is 1.92. The molecule has 1 saturated carbocycles. The van der Waals surface area contributed by atoms with Crippen LogP contribution in [0.5, 0.6) is 0 Å². The van der Waals surface area contributed by atoms with Gasteiger partial charge in [0.2, 0.25) is 0 Å². The molecule has 1 unspecified atom stereocenters. The van der Waals surface area contributed by atoms with Crippen molar-refractivity contribution in [2.45, 2.75) is 45.1 Å². The van der Waals surface area contributed by atoms with Crippen LogP contribution in [0.25, 0.3) is 0 Å². The maximum atomic E-state index is 10.1. The predicted molar refractivity (Wildman–Crippen MR) is 70.8 cm³/mol. The molecule has 1 aromatic rings. The number of rotatable bonds is 2. The molecule has 1 aromatic carbocycles. The summed E-state index contributed by atoms with van der Waals surface area (Å²) >= 11 is 0. The van der Waals surface area contributed by atoms with Crippen LogP contribution in [0, 0.1) is 17.8 Å². The van der Waals surface area contributed by atoms with Gasteiger partial charge in [0, 0.05) is 5.56 Å². The van der Waals surface area contributed by atoms with Crippen LogP contribution in [0.4, 0.5) is 0 Å². The average molecular weight is 228 g/mol. The molecule has 0 heterocycles. The molecule has 1 heteroatoms. The molecule has 0 spiro atoms. The molecule has 1 aliphatic rings. The smallest absolute Gasteiger partial charge is 0.125 e. The first-order chi connectivity index (χ1) is 7.99. The third-order valence-corrected chi connectivity index (χ3v) is 3.39. The molecule has 0 amide bonds. The maximum absolute atomic E-state index is 10.1. The number of benzene rings is 1. The van der Waals surface area contributed by atoms with Gasteiger partial charge in [0.05, 0.1) is 0 Å². The van der Waals surface area contributed by atoms with Crippen molar-refractivity contribution in [3.8, 4) is 11.8 Å². The highest BCUT2D eigenvalue weighted by Crippen LogP contribution is 2.39. The zero-order chi connectivity index (χ0) is 12.5. The van der Waals surface area contributed by atoms with E-state index >= 15 is 0 Å². The molecule has 1 nitrogen and oxygen atoms in total. The van der Waals surface area contributed by atoms with Crippen LogP contribution in [0.2, 0.25) is 0 Å². The van der Waals surface area contributed by atoms with Crippen molar-refractivity contribution < 1.29 is 5.11 Å². The Bertz CT molecular complexity index is 456. The number of hydrogen-bond donors (Lipinski definition) is 1. The molecule has 1 fully saturated rings. The van der Waals surface area contributed by atoms with E-state index in [1.807, 2.05) is 19.1 Å². The molecule has 0 bridgehead atoms. The summed E-state index contributed by atoms with van der Waals surface area (Å²) in [5.74, 6) is 7.00. The van der Waals surface area contributed by atoms with Crippen molar-refractivity contribution in [3.63, 3.8) is 0 Å². The molecule has 1 N–H and O–H groups in total. The van der Waals surface area contributed by atoms with Gasteiger partial charge in [0.25, 0.3) is 0 Å². The minimum absolute atomic E-state index is 0.378. The molecule has 90 valence electrons. The van der Waals surface area contributed by atoms with E-state index in [-0.39, 0.29) is 0 Å². The van der Waals surface area contributed by atoms with E-state index in [1.54, 1.807) is 0 Å². The Morgan fingerprint density at radius 3 is 2.65 bits per heavy atom. The molecule has 1 atom stereocenters. The standard InChI is InChI=1S/C16H20O/c1-12(2)14-6-4-5-13(11-14)9-10-16(3,17)15-7-8-15/h4-6,11-12,15,17H,7-8H2,1-3H3. The van der Waals surface area contributed by atoms with Gasteiger partial charge in [0.1, 0.15) is 5.60 Å². The molecule has 1 aliphatic carbocycles. The van der Waals surface area contributed by atoms with Gasteiger partial charge in [-0.2, -0.15) is 0 Å². The highest BCUT2D eigenvalue weighted by molar-refractivity contribution is 5.39. The maximum Gasteiger partial charge on any atom is 0.125 e. The normalized spacial score (nSPS) is 18.4. The lowest BCUT2D eigenvalue weighted by molar-refractivity contribution is 0.0980. The second kappa shape index (κ2) is 4.55. The van der Waals surface area contributed by atoms with Crippen LogP contribution in [-0.4, -0.2) is 10.7 Å². The van der Waals surface area contributed by atoms with E-state index in [2.05, 4.69) is 37.8 Å². The van der Waals surface area contributed by atoms with Gasteiger partial charge in [-0.25, -0.2) is 0 Å². The SMILES string of the molecule is CC(C)c1cccc(C#CC(C)(O)C2CC2)c1. The number of aliphatic hydroxyl groups is 1. The van der Waals surface area contributed by atoms with E-state index in [0.29, 0.717) is 11.8 Å². The highest BCUT2D eigenvalue weighted by atomic mass is 16.3. The summed E-state index contributed by atoms with van der Waals surface area (Å²) in [6.07, 6.45) is 2.21. The minimum Gasteiger partial charge on any atom is -0.378 e. The average Bonchev–Trinajstić information content (AvgIpc) is 3.11. The molecular formula is C16H20O. The fourth-order valence-electron chi connectivity index (χ4n) is 1.92. The zero-order valence-electron chi connectivity index (χ0n) is 10.8. The zero-order valence-corrected chi connectivity index (χ0v) is 10.8. The van der Waals surface area contributed by atoms with E-state index in [4.69, 9.17) is 0 Å². The van der Waals surface area contributed by atoms with Gasteiger partial charge < -0.3 is 5.11 Å². The van der Waals surface area contributed by atoms with E-state index in [1.165, 1.54) is 5.56 Å².